The Morgan fingerprint density at radius 3 is 2.59 bits per heavy atom. The summed E-state index contributed by atoms with van der Waals surface area (Å²) in [7, 11) is 0. The van der Waals surface area contributed by atoms with Gasteiger partial charge in [0.15, 0.2) is 5.96 Å². The van der Waals surface area contributed by atoms with Crippen LogP contribution in [-0.2, 0) is 6.54 Å². The maximum absolute atomic E-state index is 9.14. The number of rotatable bonds is 9. The fraction of sp³-hybridized carbons (Fsp3) is 0.750. The van der Waals surface area contributed by atoms with E-state index >= 15 is 0 Å². The molecule has 0 radical (unpaired) electrons. The zero-order valence-electron chi connectivity index (χ0n) is 14.3. The first-order valence-electron chi connectivity index (χ1n) is 8.16. The summed E-state index contributed by atoms with van der Waals surface area (Å²) in [5, 5.41) is 16.9. The molecular weight excluding hydrogens is 296 g/mol. The van der Waals surface area contributed by atoms with E-state index in [0.29, 0.717) is 12.5 Å². The SMILES string of the molecule is CCCC(CCO)CNC(=NCc1sc(C)nc1C)NCC. The summed E-state index contributed by atoms with van der Waals surface area (Å²) in [6.07, 6.45) is 3.10. The Morgan fingerprint density at radius 1 is 1.27 bits per heavy atom. The van der Waals surface area contributed by atoms with Gasteiger partial charge in [0.05, 0.1) is 17.2 Å². The molecular formula is C16H30N4OS. The number of aliphatic hydroxyl groups is 1. The predicted molar refractivity (Wildman–Crippen MR) is 94.5 cm³/mol. The smallest absolute Gasteiger partial charge is 0.191 e. The molecule has 1 unspecified atom stereocenters. The maximum atomic E-state index is 9.14. The number of hydrogen-bond acceptors (Lipinski definition) is 4. The highest BCUT2D eigenvalue weighted by atomic mass is 32.1. The fourth-order valence-corrected chi connectivity index (χ4v) is 3.25. The molecule has 0 aliphatic carbocycles. The molecule has 5 nitrogen and oxygen atoms in total. The Bertz CT molecular complexity index is 453. The Labute approximate surface area is 138 Å². The van der Waals surface area contributed by atoms with Crippen LogP contribution in [0.2, 0.25) is 0 Å². The van der Waals surface area contributed by atoms with Crippen LogP contribution >= 0.6 is 11.3 Å². The molecule has 0 saturated heterocycles. The summed E-state index contributed by atoms with van der Waals surface area (Å²) in [6.45, 7) is 10.9. The van der Waals surface area contributed by atoms with E-state index < -0.39 is 0 Å². The van der Waals surface area contributed by atoms with Gasteiger partial charge in [-0.25, -0.2) is 9.98 Å². The van der Waals surface area contributed by atoms with Crippen molar-refractivity contribution in [3.05, 3.63) is 15.6 Å². The lowest BCUT2D eigenvalue weighted by Gasteiger charge is -2.18. The number of aliphatic imine (C=N–C) groups is 1. The second-order valence-corrected chi connectivity index (χ2v) is 6.77. The summed E-state index contributed by atoms with van der Waals surface area (Å²) < 4.78 is 0. The average molecular weight is 327 g/mol. The van der Waals surface area contributed by atoms with Crippen LogP contribution in [0.3, 0.4) is 0 Å². The summed E-state index contributed by atoms with van der Waals surface area (Å²) in [4.78, 5) is 10.3. The first-order chi connectivity index (χ1) is 10.6. The van der Waals surface area contributed by atoms with Gasteiger partial charge >= 0.3 is 0 Å². The summed E-state index contributed by atoms with van der Waals surface area (Å²) in [6, 6.07) is 0. The number of aromatic nitrogens is 1. The normalized spacial score (nSPS) is 13.2. The Morgan fingerprint density at radius 2 is 2.05 bits per heavy atom. The standard InChI is InChI=1S/C16H30N4OS/c1-5-7-14(8-9-21)10-18-16(17-6-2)19-11-15-12(3)20-13(4)22-15/h14,21H,5-11H2,1-4H3,(H2,17,18,19). The van der Waals surface area contributed by atoms with Crippen LogP contribution in [0, 0.1) is 19.8 Å². The topological polar surface area (TPSA) is 69.5 Å². The molecule has 0 aliphatic heterocycles. The highest BCUT2D eigenvalue weighted by Crippen LogP contribution is 2.17. The molecule has 0 fully saturated rings. The zero-order valence-corrected chi connectivity index (χ0v) is 15.1. The lowest BCUT2D eigenvalue weighted by Crippen LogP contribution is -2.40. The van der Waals surface area contributed by atoms with Gasteiger partial charge in [-0.3, -0.25) is 0 Å². The monoisotopic (exact) mass is 326 g/mol. The third-order valence-electron chi connectivity index (χ3n) is 3.52. The molecule has 6 heteroatoms. The number of aryl methyl sites for hydroxylation is 2. The fourth-order valence-electron chi connectivity index (χ4n) is 2.39. The predicted octanol–water partition coefficient (Wildman–Crippen LogP) is 2.61. The molecule has 1 aromatic rings. The van der Waals surface area contributed by atoms with Crippen LogP contribution in [0.5, 0.6) is 0 Å². The van der Waals surface area contributed by atoms with E-state index in [-0.39, 0.29) is 6.61 Å². The number of nitrogens with zero attached hydrogens (tertiary/aromatic N) is 2. The number of thiazole rings is 1. The Hall–Kier alpha value is -1.14. The molecule has 0 bridgehead atoms. The molecule has 1 rings (SSSR count). The number of hydrogen-bond donors (Lipinski definition) is 3. The van der Waals surface area contributed by atoms with Crippen LogP contribution in [0.4, 0.5) is 0 Å². The molecule has 126 valence electrons. The van der Waals surface area contributed by atoms with Gasteiger partial charge in [0.1, 0.15) is 0 Å². The van der Waals surface area contributed by atoms with Crippen molar-refractivity contribution in [2.24, 2.45) is 10.9 Å². The van der Waals surface area contributed by atoms with E-state index in [0.717, 1.165) is 49.0 Å². The molecule has 0 aromatic carbocycles. The lowest BCUT2D eigenvalue weighted by molar-refractivity contribution is 0.251. The van der Waals surface area contributed by atoms with Gasteiger partial charge in [-0.2, -0.15) is 0 Å². The third kappa shape index (κ3) is 6.75. The van der Waals surface area contributed by atoms with Gasteiger partial charge in [-0.05, 0) is 39.5 Å². The molecule has 1 aromatic heterocycles. The molecule has 22 heavy (non-hydrogen) atoms. The van der Waals surface area contributed by atoms with Crippen molar-refractivity contribution in [1.82, 2.24) is 15.6 Å². The Kier molecular flexibility index (Phi) is 9.08. The lowest BCUT2D eigenvalue weighted by atomic mass is 10.0. The molecule has 0 spiro atoms. The minimum absolute atomic E-state index is 0.249. The van der Waals surface area contributed by atoms with E-state index in [9.17, 15) is 0 Å². The second kappa shape index (κ2) is 10.6. The van der Waals surface area contributed by atoms with Gasteiger partial charge in [0.25, 0.3) is 0 Å². The third-order valence-corrected chi connectivity index (χ3v) is 4.57. The molecule has 0 saturated carbocycles. The summed E-state index contributed by atoms with van der Waals surface area (Å²) >= 11 is 1.71. The summed E-state index contributed by atoms with van der Waals surface area (Å²) in [5.41, 5.74) is 1.08. The first kappa shape index (κ1) is 18.9. The quantitative estimate of drug-likeness (QED) is 0.482. The van der Waals surface area contributed by atoms with E-state index in [1.165, 1.54) is 4.88 Å². The van der Waals surface area contributed by atoms with Crippen molar-refractivity contribution in [2.75, 3.05) is 19.7 Å². The minimum Gasteiger partial charge on any atom is -0.396 e. The van der Waals surface area contributed by atoms with Crippen molar-refractivity contribution >= 4 is 17.3 Å². The van der Waals surface area contributed by atoms with E-state index in [1.54, 1.807) is 11.3 Å². The van der Waals surface area contributed by atoms with Gasteiger partial charge in [0, 0.05) is 24.6 Å². The van der Waals surface area contributed by atoms with Crippen molar-refractivity contribution in [1.29, 1.82) is 0 Å². The van der Waals surface area contributed by atoms with Crippen LogP contribution in [0.25, 0.3) is 0 Å². The number of aliphatic hydroxyl groups excluding tert-OH is 1. The molecule has 1 heterocycles. The number of nitrogens with one attached hydrogen (secondary N) is 2. The molecule has 1 atom stereocenters. The highest BCUT2D eigenvalue weighted by molar-refractivity contribution is 7.11. The largest absolute Gasteiger partial charge is 0.396 e. The van der Waals surface area contributed by atoms with Crippen molar-refractivity contribution in [3.63, 3.8) is 0 Å². The first-order valence-corrected chi connectivity index (χ1v) is 8.98. The van der Waals surface area contributed by atoms with E-state index in [1.807, 2.05) is 13.8 Å². The van der Waals surface area contributed by atoms with Gasteiger partial charge in [-0.1, -0.05) is 13.3 Å². The zero-order chi connectivity index (χ0) is 16.4. The van der Waals surface area contributed by atoms with Crippen LogP contribution < -0.4 is 10.6 Å². The molecule has 0 aliphatic rings. The minimum atomic E-state index is 0.249. The second-order valence-electron chi connectivity index (χ2n) is 5.48. The van der Waals surface area contributed by atoms with Gasteiger partial charge in [0.2, 0.25) is 0 Å². The van der Waals surface area contributed by atoms with E-state index in [2.05, 4.69) is 34.5 Å². The van der Waals surface area contributed by atoms with Crippen LogP contribution in [0.15, 0.2) is 4.99 Å². The van der Waals surface area contributed by atoms with E-state index in [4.69, 9.17) is 5.11 Å². The Balaban J connectivity index is 2.59. The highest BCUT2D eigenvalue weighted by Gasteiger charge is 2.09. The van der Waals surface area contributed by atoms with Crippen LogP contribution in [0.1, 0.15) is 48.7 Å². The van der Waals surface area contributed by atoms with Gasteiger partial charge in [-0.15, -0.1) is 11.3 Å². The molecule has 3 N–H and O–H groups in total. The van der Waals surface area contributed by atoms with Crippen molar-refractivity contribution in [3.8, 4) is 0 Å². The van der Waals surface area contributed by atoms with Crippen LogP contribution in [-0.4, -0.2) is 35.7 Å². The average Bonchev–Trinajstić information content (AvgIpc) is 2.80. The van der Waals surface area contributed by atoms with Crippen molar-refractivity contribution < 1.29 is 5.11 Å². The van der Waals surface area contributed by atoms with Crippen molar-refractivity contribution in [2.45, 2.75) is 53.5 Å². The molecule has 0 amide bonds. The summed E-state index contributed by atoms with van der Waals surface area (Å²) in [5.74, 6) is 1.33. The number of guanidine groups is 1. The maximum Gasteiger partial charge on any atom is 0.191 e. The van der Waals surface area contributed by atoms with Gasteiger partial charge < -0.3 is 15.7 Å².